The van der Waals surface area contributed by atoms with Crippen LogP contribution in [0.4, 0.5) is 0 Å². The summed E-state index contributed by atoms with van der Waals surface area (Å²) in [6, 6.07) is 5.90. The van der Waals surface area contributed by atoms with Gasteiger partial charge in [-0.25, -0.2) is 4.68 Å². The van der Waals surface area contributed by atoms with Crippen molar-refractivity contribution in [2.24, 2.45) is 0 Å². The predicted molar refractivity (Wildman–Crippen MR) is 112 cm³/mol. The maximum Gasteiger partial charge on any atom is 0.257 e. The number of benzene rings is 1. The molecule has 2 aromatic rings. The topological polar surface area (TPSA) is 67.6 Å². The van der Waals surface area contributed by atoms with Crippen molar-refractivity contribution in [3.05, 3.63) is 46.2 Å². The fourth-order valence-electron chi connectivity index (χ4n) is 3.90. The van der Waals surface area contributed by atoms with E-state index in [4.69, 9.17) is 21.4 Å². The second kappa shape index (κ2) is 8.86. The smallest absolute Gasteiger partial charge is 0.257 e. The molecule has 1 aliphatic heterocycles. The molecule has 2 heterocycles. The number of aliphatic hydroxyl groups is 1. The van der Waals surface area contributed by atoms with Crippen LogP contribution in [-0.4, -0.2) is 58.1 Å². The van der Waals surface area contributed by atoms with Gasteiger partial charge in [-0.2, -0.15) is 5.10 Å². The molecule has 156 valence electrons. The molecule has 0 unspecified atom stereocenters. The number of halogens is 1. The molecule has 29 heavy (non-hydrogen) atoms. The van der Waals surface area contributed by atoms with Crippen molar-refractivity contribution in [3.63, 3.8) is 0 Å². The SMILES string of the molecule is Cc1ccc(-n2ncc(C(=O)N3CCC(OCCCO)CC3)c2C2CC2)cc1Cl. The summed E-state index contributed by atoms with van der Waals surface area (Å²) in [6.45, 7) is 4.08. The van der Waals surface area contributed by atoms with Crippen molar-refractivity contribution in [1.29, 1.82) is 0 Å². The first-order valence-electron chi connectivity index (χ1n) is 10.4. The number of likely N-dealkylation sites (tertiary alicyclic amines) is 1. The van der Waals surface area contributed by atoms with Crippen molar-refractivity contribution < 1.29 is 14.6 Å². The number of aromatic nitrogens is 2. The Bertz CT molecular complexity index is 870. The van der Waals surface area contributed by atoms with E-state index in [1.807, 2.05) is 34.7 Å². The van der Waals surface area contributed by atoms with Gasteiger partial charge in [-0.3, -0.25) is 4.79 Å². The van der Waals surface area contributed by atoms with Crippen LogP contribution in [0, 0.1) is 6.92 Å². The Kier molecular flexibility index (Phi) is 6.23. The molecule has 1 saturated carbocycles. The van der Waals surface area contributed by atoms with Gasteiger partial charge >= 0.3 is 0 Å². The first-order valence-corrected chi connectivity index (χ1v) is 10.8. The molecule has 7 heteroatoms. The molecule has 0 atom stereocenters. The molecule has 1 amide bonds. The quantitative estimate of drug-likeness (QED) is 0.697. The molecule has 1 N–H and O–H groups in total. The van der Waals surface area contributed by atoms with Crippen LogP contribution in [-0.2, 0) is 4.74 Å². The van der Waals surface area contributed by atoms with Crippen molar-refractivity contribution in [2.45, 2.75) is 51.0 Å². The fraction of sp³-hybridized carbons (Fsp3) is 0.545. The van der Waals surface area contributed by atoms with E-state index in [0.29, 0.717) is 42.6 Å². The molecule has 1 aliphatic carbocycles. The zero-order chi connectivity index (χ0) is 20.4. The summed E-state index contributed by atoms with van der Waals surface area (Å²) in [4.78, 5) is 15.2. The number of piperidine rings is 1. The third-order valence-corrected chi connectivity index (χ3v) is 6.19. The van der Waals surface area contributed by atoms with Gasteiger partial charge in [-0.05, 0) is 56.7 Å². The van der Waals surface area contributed by atoms with Crippen LogP contribution in [0.2, 0.25) is 5.02 Å². The molecule has 2 aliphatic rings. The molecule has 2 fully saturated rings. The van der Waals surface area contributed by atoms with Gasteiger partial charge in [0, 0.05) is 37.2 Å². The highest BCUT2D eigenvalue weighted by Crippen LogP contribution is 2.43. The zero-order valence-corrected chi connectivity index (χ0v) is 17.6. The van der Waals surface area contributed by atoms with E-state index in [9.17, 15) is 4.79 Å². The lowest BCUT2D eigenvalue weighted by atomic mass is 10.1. The molecular formula is C22H28ClN3O3. The average Bonchev–Trinajstić information content (AvgIpc) is 3.48. The van der Waals surface area contributed by atoms with Crippen LogP contribution in [0.25, 0.3) is 5.69 Å². The van der Waals surface area contributed by atoms with Gasteiger partial charge in [0.05, 0.1) is 29.2 Å². The van der Waals surface area contributed by atoms with E-state index < -0.39 is 0 Å². The summed E-state index contributed by atoms with van der Waals surface area (Å²) in [5.74, 6) is 0.445. The molecule has 1 aromatic carbocycles. The lowest BCUT2D eigenvalue weighted by Gasteiger charge is -2.32. The maximum absolute atomic E-state index is 13.3. The lowest BCUT2D eigenvalue weighted by Crippen LogP contribution is -2.41. The van der Waals surface area contributed by atoms with Crippen LogP contribution >= 0.6 is 11.6 Å². The van der Waals surface area contributed by atoms with Gasteiger partial charge in [-0.15, -0.1) is 0 Å². The first kappa shape index (κ1) is 20.4. The van der Waals surface area contributed by atoms with Gasteiger partial charge in [0.25, 0.3) is 5.91 Å². The van der Waals surface area contributed by atoms with Crippen molar-refractivity contribution in [1.82, 2.24) is 14.7 Å². The standard InChI is InChI=1S/C22H28ClN3O3/c1-15-3-6-17(13-20(15)23)26-21(16-4-5-16)19(14-24-26)22(28)25-9-7-18(8-10-25)29-12-2-11-27/h3,6,13-14,16,18,27H,2,4-5,7-12H2,1H3. The Morgan fingerprint density at radius 3 is 2.69 bits per heavy atom. The lowest BCUT2D eigenvalue weighted by molar-refractivity contribution is 0.00395. The Balaban J connectivity index is 1.50. The van der Waals surface area contributed by atoms with Crippen molar-refractivity contribution in [2.75, 3.05) is 26.3 Å². The molecule has 0 spiro atoms. The summed E-state index contributed by atoms with van der Waals surface area (Å²) in [6.07, 6.45) is 6.39. The molecule has 0 radical (unpaired) electrons. The van der Waals surface area contributed by atoms with Crippen LogP contribution in [0.3, 0.4) is 0 Å². The maximum atomic E-state index is 13.3. The van der Waals surface area contributed by atoms with E-state index in [-0.39, 0.29) is 18.6 Å². The summed E-state index contributed by atoms with van der Waals surface area (Å²) in [7, 11) is 0. The highest BCUT2D eigenvalue weighted by Gasteiger charge is 2.35. The highest BCUT2D eigenvalue weighted by atomic mass is 35.5. The first-order chi connectivity index (χ1) is 14.1. The number of hydrogen-bond acceptors (Lipinski definition) is 4. The van der Waals surface area contributed by atoms with Gasteiger partial charge in [0.2, 0.25) is 0 Å². The summed E-state index contributed by atoms with van der Waals surface area (Å²) < 4.78 is 7.67. The Labute approximate surface area is 176 Å². The minimum Gasteiger partial charge on any atom is -0.396 e. The van der Waals surface area contributed by atoms with Crippen LogP contribution in [0.5, 0.6) is 0 Å². The monoisotopic (exact) mass is 417 g/mol. The van der Waals surface area contributed by atoms with E-state index in [1.54, 1.807) is 6.20 Å². The van der Waals surface area contributed by atoms with Crippen LogP contribution in [0.15, 0.2) is 24.4 Å². The Hall–Kier alpha value is -1.89. The summed E-state index contributed by atoms with van der Waals surface area (Å²) >= 11 is 6.32. The normalized spacial score (nSPS) is 17.7. The van der Waals surface area contributed by atoms with E-state index in [0.717, 1.165) is 42.6 Å². The number of ether oxygens (including phenoxy) is 1. The van der Waals surface area contributed by atoms with Gasteiger partial charge in [-0.1, -0.05) is 17.7 Å². The third-order valence-electron chi connectivity index (χ3n) is 5.79. The van der Waals surface area contributed by atoms with Gasteiger partial charge in [0.1, 0.15) is 0 Å². The Morgan fingerprint density at radius 2 is 2.03 bits per heavy atom. The predicted octanol–water partition coefficient (Wildman–Crippen LogP) is 3.72. The number of carbonyl (C=O) groups is 1. The second-order valence-corrected chi connectivity index (χ2v) is 8.41. The number of carbonyl (C=O) groups excluding carboxylic acids is 1. The number of aryl methyl sites for hydroxylation is 1. The minimum atomic E-state index is 0.0603. The van der Waals surface area contributed by atoms with E-state index in [1.165, 1.54) is 0 Å². The molecule has 1 aromatic heterocycles. The molecule has 4 rings (SSSR count). The number of hydrogen-bond donors (Lipinski definition) is 1. The van der Waals surface area contributed by atoms with E-state index in [2.05, 4.69) is 5.10 Å². The summed E-state index contributed by atoms with van der Waals surface area (Å²) in [5, 5.41) is 14.1. The van der Waals surface area contributed by atoms with Crippen LogP contribution < -0.4 is 0 Å². The Morgan fingerprint density at radius 1 is 1.28 bits per heavy atom. The van der Waals surface area contributed by atoms with Crippen LogP contribution in [0.1, 0.15) is 59.6 Å². The summed E-state index contributed by atoms with van der Waals surface area (Å²) in [5.41, 5.74) is 3.65. The zero-order valence-electron chi connectivity index (χ0n) is 16.8. The van der Waals surface area contributed by atoms with Gasteiger partial charge in [0.15, 0.2) is 0 Å². The second-order valence-electron chi connectivity index (χ2n) is 8.00. The van der Waals surface area contributed by atoms with Crippen molar-refractivity contribution in [3.8, 4) is 5.69 Å². The van der Waals surface area contributed by atoms with Crippen molar-refractivity contribution >= 4 is 17.5 Å². The molecule has 0 bridgehead atoms. The number of nitrogens with zero attached hydrogens (tertiary/aromatic N) is 3. The fourth-order valence-corrected chi connectivity index (χ4v) is 4.08. The number of rotatable bonds is 7. The molecule has 1 saturated heterocycles. The molecule has 6 nitrogen and oxygen atoms in total. The number of amides is 1. The molecular weight excluding hydrogens is 390 g/mol. The number of aliphatic hydroxyl groups excluding tert-OH is 1. The third kappa shape index (κ3) is 4.49. The average molecular weight is 418 g/mol. The van der Waals surface area contributed by atoms with Gasteiger partial charge < -0.3 is 14.7 Å². The largest absolute Gasteiger partial charge is 0.396 e. The van der Waals surface area contributed by atoms with E-state index >= 15 is 0 Å². The highest BCUT2D eigenvalue weighted by molar-refractivity contribution is 6.31. The minimum absolute atomic E-state index is 0.0603.